The zero-order valence-corrected chi connectivity index (χ0v) is 14.0. The van der Waals surface area contributed by atoms with E-state index in [0.29, 0.717) is 0 Å². The lowest BCUT2D eigenvalue weighted by atomic mass is 9.97. The summed E-state index contributed by atoms with van der Waals surface area (Å²) >= 11 is 0. The van der Waals surface area contributed by atoms with Crippen molar-refractivity contribution in [3.63, 3.8) is 0 Å². The number of hydrogen-bond acceptors (Lipinski definition) is 9. The molecule has 0 saturated carbocycles. The number of carbonyl (C=O) groups is 4. The Labute approximate surface area is 138 Å². The molecule has 0 amide bonds. The van der Waals surface area contributed by atoms with Gasteiger partial charge in [-0.1, -0.05) is 0 Å². The molecule has 10 nitrogen and oxygen atoms in total. The van der Waals surface area contributed by atoms with Crippen molar-refractivity contribution in [3.05, 3.63) is 0 Å². The smallest absolute Gasteiger partial charge is 0.305 e. The van der Waals surface area contributed by atoms with Crippen LogP contribution in [0.3, 0.4) is 0 Å². The van der Waals surface area contributed by atoms with Gasteiger partial charge in [-0.3, -0.25) is 19.2 Å². The number of rotatable bonds is 5. The van der Waals surface area contributed by atoms with Gasteiger partial charge in [0.2, 0.25) is 0 Å². The highest BCUT2D eigenvalue weighted by Crippen LogP contribution is 2.25. The van der Waals surface area contributed by atoms with Crippen molar-refractivity contribution in [2.75, 3.05) is 6.61 Å². The Bertz CT molecular complexity index is 490. The third-order valence-electron chi connectivity index (χ3n) is 3.11. The number of quaternary nitrogens is 1. The molecule has 0 aliphatic carbocycles. The lowest BCUT2D eigenvalue weighted by Crippen LogP contribution is -2.79. The van der Waals surface area contributed by atoms with E-state index < -0.39 is 54.5 Å². The van der Waals surface area contributed by atoms with Gasteiger partial charge in [-0.15, -0.1) is 0 Å². The van der Waals surface area contributed by atoms with E-state index in [9.17, 15) is 19.2 Å². The van der Waals surface area contributed by atoms with Crippen LogP contribution in [-0.2, 0) is 42.9 Å². The molecule has 0 aromatic heterocycles. The van der Waals surface area contributed by atoms with Crippen LogP contribution in [-0.4, -0.2) is 61.1 Å². The predicted octanol–water partition coefficient (Wildman–Crippen LogP) is -1.69. The van der Waals surface area contributed by atoms with Crippen molar-refractivity contribution < 1.29 is 48.6 Å². The number of esters is 4. The Balaban J connectivity index is 3.08. The average Bonchev–Trinajstić information content (AvgIpc) is 2.42. The van der Waals surface area contributed by atoms with E-state index in [1.165, 1.54) is 27.7 Å². The first-order valence-electron chi connectivity index (χ1n) is 7.25. The molecule has 1 saturated heterocycles. The highest BCUT2D eigenvalue weighted by atomic mass is 16.7. The van der Waals surface area contributed by atoms with Crippen molar-refractivity contribution in [1.29, 1.82) is 0 Å². The van der Waals surface area contributed by atoms with E-state index in [-0.39, 0.29) is 6.61 Å². The van der Waals surface area contributed by atoms with Gasteiger partial charge in [-0.25, -0.2) is 0 Å². The van der Waals surface area contributed by atoms with Gasteiger partial charge in [0.15, 0.2) is 18.2 Å². The lowest BCUT2D eigenvalue weighted by molar-refractivity contribution is -0.496. The number of hydrogen-bond donors (Lipinski definition) is 1. The Hall–Kier alpha value is -2.20. The maximum Gasteiger partial charge on any atom is 0.305 e. The molecule has 3 N–H and O–H groups in total. The number of carbonyl (C=O) groups excluding carboxylic acids is 4. The van der Waals surface area contributed by atoms with Crippen LogP contribution in [0, 0.1) is 0 Å². The van der Waals surface area contributed by atoms with Crippen molar-refractivity contribution in [2.24, 2.45) is 0 Å². The Morgan fingerprint density at radius 3 is 1.79 bits per heavy atom. The minimum absolute atomic E-state index is 0.282. The molecule has 1 rings (SSSR count). The fraction of sp³-hybridized carbons (Fsp3) is 0.714. The van der Waals surface area contributed by atoms with Gasteiger partial charge in [-0.05, 0) is 0 Å². The largest absolute Gasteiger partial charge is 0.463 e. The van der Waals surface area contributed by atoms with E-state index in [1.54, 1.807) is 0 Å². The molecular weight excluding hydrogens is 326 g/mol. The molecule has 1 fully saturated rings. The van der Waals surface area contributed by atoms with Crippen LogP contribution in [0.5, 0.6) is 0 Å². The summed E-state index contributed by atoms with van der Waals surface area (Å²) in [6.45, 7) is 4.44. The van der Waals surface area contributed by atoms with Crippen LogP contribution in [0.4, 0.5) is 0 Å². The maximum atomic E-state index is 11.4. The normalized spacial score (nSPS) is 29.3. The first-order chi connectivity index (χ1) is 11.1. The van der Waals surface area contributed by atoms with E-state index in [4.69, 9.17) is 23.7 Å². The van der Waals surface area contributed by atoms with Crippen LogP contribution in [0.15, 0.2) is 0 Å². The summed E-state index contributed by atoms with van der Waals surface area (Å²) in [5.74, 6) is -2.50. The van der Waals surface area contributed by atoms with Crippen molar-refractivity contribution >= 4 is 23.9 Å². The van der Waals surface area contributed by atoms with Gasteiger partial charge >= 0.3 is 23.9 Å². The van der Waals surface area contributed by atoms with Gasteiger partial charge in [0.05, 0.1) is 0 Å². The molecular formula is C14H22NO9+. The minimum Gasteiger partial charge on any atom is -0.463 e. The molecule has 1 aliphatic rings. The minimum atomic E-state index is -1.15. The molecule has 136 valence electrons. The molecule has 1 aliphatic heterocycles. The topological polar surface area (TPSA) is 142 Å². The summed E-state index contributed by atoms with van der Waals surface area (Å²) in [7, 11) is 0. The first kappa shape index (κ1) is 19.8. The zero-order valence-electron chi connectivity index (χ0n) is 14.0. The van der Waals surface area contributed by atoms with Crippen LogP contribution in [0.2, 0.25) is 0 Å². The van der Waals surface area contributed by atoms with E-state index >= 15 is 0 Å². The fourth-order valence-corrected chi connectivity index (χ4v) is 2.25. The summed E-state index contributed by atoms with van der Waals surface area (Å²) in [4.78, 5) is 45.0. The monoisotopic (exact) mass is 348 g/mol. The van der Waals surface area contributed by atoms with E-state index in [1.807, 2.05) is 0 Å². The predicted molar refractivity (Wildman–Crippen MR) is 74.8 cm³/mol. The second-order valence-electron chi connectivity index (χ2n) is 5.27. The van der Waals surface area contributed by atoms with Crippen molar-refractivity contribution in [3.8, 4) is 0 Å². The maximum absolute atomic E-state index is 11.4. The zero-order chi connectivity index (χ0) is 18.4. The van der Waals surface area contributed by atoms with Crippen molar-refractivity contribution in [2.45, 2.75) is 58.3 Å². The second-order valence-corrected chi connectivity index (χ2v) is 5.27. The van der Waals surface area contributed by atoms with Gasteiger partial charge < -0.3 is 29.4 Å². The quantitative estimate of drug-likeness (QED) is 0.455. The van der Waals surface area contributed by atoms with Crippen LogP contribution in [0.1, 0.15) is 27.7 Å². The first-order valence-corrected chi connectivity index (χ1v) is 7.25. The molecule has 1 heterocycles. The molecule has 0 spiro atoms. The van der Waals surface area contributed by atoms with E-state index in [2.05, 4.69) is 5.73 Å². The highest BCUT2D eigenvalue weighted by Gasteiger charge is 2.52. The third-order valence-corrected chi connectivity index (χ3v) is 3.11. The average molecular weight is 348 g/mol. The Morgan fingerprint density at radius 2 is 1.33 bits per heavy atom. The summed E-state index contributed by atoms with van der Waals surface area (Å²) in [5, 5.41) is 0. The molecule has 24 heavy (non-hydrogen) atoms. The Morgan fingerprint density at radius 1 is 0.833 bits per heavy atom. The SMILES string of the molecule is CC(=O)OC[C@H]1O[C@@H](OC(C)=O)[C@@H]([NH3+])[C@@H](OC(C)=O)[C@H]1OC(C)=O. The summed E-state index contributed by atoms with van der Waals surface area (Å²) in [6.07, 6.45) is -4.26. The summed E-state index contributed by atoms with van der Waals surface area (Å²) < 4.78 is 25.8. The molecule has 10 heteroatoms. The molecule has 0 aromatic carbocycles. The van der Waals surface area contributed by atoms with Crippen LogP contribution < -0.4 is 5.73 Å². The third kappa shape index (κ3) is 5.78. The second kappa shape index (κ2) is 8.60. The fourth-order valence-electron chi connectivity index (χ4n) is 2.25. The summed E-state index contributed by atoms with van der Waals surface area (Å²) in [5.41, 5.74) is 3.78. The molecule has 0 bridgehead atoms. The number of ether oxygens (including phenoxy) is 5. The van der Waals surface area contributed by atoms with Crippen molar-refractivity contribution in [1.82, 2.24) is 0 Å². The van der Waals surface area contributed by atoms with Gasteiger partial charge in [0.1, 0.15) is 12.7 Å². The standard InChI is InChI=1S/C14H21NO9/c1-6(16)20-5-10-12(21-7(2)17)13(22-8(3)18)11(15)14(24-10)23-9(4)19/h10-14H,5,15H2,1-4H3/p+1/t10-,11+,12+,13-,14-/m1/s1. The van der Waals surface area contributed by atoms with Gasteiger partial charge in [-0.2, -0.15) is 0 Å². The van der Waals surface area contributed by atoms with Crippen LogP contribution in [0.25, 0.3) is 0 Å². The summed E-state index contributed by atoms with van der Waals surface area (Å²) in [6, 6.07) is -0.851. The van der Waals surface area contributed by atoms with E-state index in [0.717, 1.165) is 0 Å². The molecule has 0 radical (unpaired) electrons. The highest BCUT2D eigenvalue weighted by molar-refractivity contribution is 5.68. The van der Waals surface area contributed by atoms with Gasteiger partial charge in [0.25, 0.3) is 6.29 Å². The van der Waals surface area contributed by atoms with Gasteiger partial charge in [0, 0.05) is 27.7 Å². The molecule has 5 atom stereocenters. The molecule has 0 unspecified atom stereocenters. The molecule has 0 aromatic rings. The lowest BCUT2D eigenvalue weighted by Gasteiger charge is -2.41. The van der Waals surface area contributed by atoms with Crippen LogP contribution >= 0.6 is 0 Å². The Kier molecular flexibility index (Phi) is 7.11.